The van der Waals surface area contributed by atoms with Gasteiger partial charge in [0.05, 0.1) is 22.9 Å². The fourth-order valence-electron chi connectivity index (χ4n) is 3.53. The van der Waals surface area contributed by atoms with Crippen molar-refractivity contribution < 1.29 is 9.53 Å². The van der Waals surface area contributed by atoms with Crippen LogP contribution in [0.2, 0.25) is 5.02 Å². The molecule has 1 atom stereocenters. The van der Waals surface area contributed by atoms with Gasteiger partial charge in [0.2, 0.25) is 0 Å². The molecular weight excluding hydrogens is 392 g/mol. The van der Waals surface area contributed by atoms with E-state index in [2.05, 4.69) is 0 Å². The van der Waals surface area contributed by atoms with Crippen LogP contribution < -0.4 is 4.90 Å². The van der Waals surface area contributed by atoms with Crippen molar-refractivity contribution >= 4 is 44.2 Å². The molecule has 0 aliphatic carbocycles. The molecular formula is C22H23ClN2O2S. The van der Waals surface area contributed by atoms with Gasteiger partial charge in [0.1, 0.15) is 0 Å². The van der Waals surface area contributed by atoms with E-state index in [0.717, 1.165) is 40.8 Å². The first kappa shape index (κ1) is 19.4. The van der Waals surface area contributed by atoms with Gasteiger partial charge in [-0.25, -0.2) is 4.98 Å². The van der Waals surface area contributed by atoms with Crippen LogP contribution in [0.5, 0.6) is 0 Å². The number of fused-ring (bicyclic) bond motifs is 1. The van der Waals surface area contributed by atoms with Crippen LogP contribution in [0.15, 0.2) is 30.3 Å². The molecule has 6 heteroatoms. The lowest BCUT2D eigenvalue weighted by Gasteiger charge is -2.23. The monoisotopic (exact) mass is 414 g/mol. The van der Waals surface area contributed by atoms with E-state index in [1.54, 1.807) is 4.90 Å². The van der Waals surface area contributed by atoms with Gasteiger partial charge in [-0.2, -0.15) is 0 Å². The molecule has 0 radical (unpaired) electrons. The molecule has 1 amide bonds. The SMILES string of the molecule is Cc1ccc(C(=O)N(CC2CCCO2)c2nc3c(C)cc(Cl)cc3s2)cc1C. The van der Waals surface area contributed by atoms with Crippen LogP contribution in [0.3, 0.4) is 0 Å². The summed E-state index contributed by atoms with van der Waals surface area (Å²) < 4.78 is 6.80. The van der Waals surface area contributed by atoms with Crippen LogP contribution in [0.25, 0.3) is 10.2 Å². The van der Waals surface area contributed by atoms with E-state index in [4.69, 9.17) is 21.3 Å². The average molecular weight is 415 g/mol. The van der Waals surface area contributed by atoms with E-state index in [-0.39, 0.29) is 12.0 Å². The Morgan fingerprint density at radius 3 is 2.75 bits per heavy atom. The van der Waals surface area contributed by atoms with Crippen molar-refractivity contribution in [1.82, 2.24) is 4.98 Å². The third-order valence-electron chi connectivity index (χ3n) is 5.28. The molecule has 2 heterocycles. The van der Waals surface area contributed by atoms with Gasteiger partial charge in [-0.05, 0) is 74.6 Å². The summed E-state index contributed by atoms with van der Waals surface area (Å²) in [5, 5.41) is 1.38. The van der Waals surface area contributed by atoms with Gasteiger partial charge in [-0.1, -0.05) is 29.0 Å². The van der Waals surface area contributed by atoms with Crippen molar-refractivity contribution in [1.29, 1.82) is 0 Å². The Bertz CT molecular complexity index is 1040. The number of aryl methyl sites for hydroxylation is 3. The van der Waals surface area contributed by atoms with Crippen molar-refractivity contribution in [3.8, 4) is 0 Å². The van der Waals surface area contributed by atoms with E-state index in [0.29, 0.717) is 22.3 Å². The quantitative estimate of drug-likeness (QED) is 0.549. The number of carbonyl (C=O) groups is 1. The number of hydrogen-bond donors (Lipinski definition) is 0. The number of nitrogens with zero attached hydrogens (tertiary/aromatic N) is 2. The Kier molecular flexibility index (Phi) is 5.41. The highest BCUT2D eigenvalue weighted by Gasteiger charge is 2.27. The minimum absolute atomic E-state index is 0.0404. The van der Waals surface area contributed by atoms with Crippen molar-refractivity contribution in [3.63, 3.8) is 0 Å². The minimum Gasteiger partial charge on any atom is -0.376 e. The average Bonchev–Trinajstić information content (AvgIpc) is 3.31. The maximum atomic E-state index is 13.4. The largest absolute Gasteiger partial charge is 0.376 e. The first-order chi connectivity index (χ1) is 13.4. The number of ether oxygens (including phenoxy) is 1. The molecule has 28 heavy (non-hydrogen) atoms. The van der Waals surface area contributed by atoms with Gasteiger partial charge in [0.25, 0.3) is 5.91 Å². The zero-order chi connectivity index (χ0) is 19.8. The van der Waals surface area contributed by atoms with Crippen molar-refractivity contribution in [2.75, 3.05) is 18.1 Å². The van der Waals surface area contributed by atoms with E-state index in [1.165, 1.54) is 16.9 Å². The molecule has 0 spiro atoms. The molecule has 1 aliphatic rings. The lowest BCUT2D eigenvalue weighted by atomic mass is 10.1. The van der Waals surface area contributed by atoms with Gasteiger partial charge in [0.15, 0.2) is 5.13 Å². The van der Waals surface area contributed by atoms with Gasteiger partial charge in [-0.15, -0.1) is 0 Å². The molecule has 0 bridgehead atoms. The molecule has 0 N–H and O–H groups in total. The molecule has 146 valence electrons. The first-order valence-corrected chi connectivity index (χ1v) is 10.7. The second kappa shape index (κ2) is 7.82. The lowest BCUT2D eigenvalue weighted by molar-refractivity contribution is 0.0917. The first-order valence-electron chi connectivity index (χ1n) is 9.50. The highest BCUT2D eigenvalue weighted by atomic mass is 35.5. The molecule has 1 fully saturated rings. The number of benzene rings is 2. The lowest BCUT2D eigenvalue weighted by Crippen LogP contribution is -2.37. The fraction of sp³-hybridized carbons (Fsp3) is 0.364. The summed E-state index contributed by atoms with van der Waals surface area (Å²) in [7, 11) is 0. The number of hydrogen-bond acceptors (Lipinski definition) is 4. The summed E-state index contributed by atoms with van der Waals surface area (Å²) in [6.45, 7) is 7.34. The zero-order valence-corrected chi connectivity index (χ0v) is 17.9. The van der Waals surface area contributed by atoms with Gasteiger partial charge < -0.3 is 4.74 Å². The standard InChI is InChI=1S/C22H23ClN2O2S/c1-13-6-7-16(9-14(13)2)21(26)25(12-18-5-4-8-27-18)22-24-20-15(3)10-17(23)11-19(20)28-22/h6-7,9-11,18H,4-5,8,12H2,1-3H3. The normalized spacial score (nSPS) is 16.6. The Morgan fingerprint density at radius 1 is 1.21 bits per heavy atom. The molecule has 4 nitrogen and oxygen atoms in total. The highest BCUT2D eigenvalue weighted by molar-refractivity contribution is 7.22. The van der Waals surface area contributed by atoms with Crippen molar-refractivity contribution in [3.05, 3.63) is 57.6 Å². The number of halogens is 1. The van der Waals surface area contributed by atoms with Gasteiger partial charge in [0, 0.05) is 17.2 Å². The van der Waals surface area contributed by atoms with Gasteiger partial charge in [-0.3, -0.25) is 9.69 Å². The zero-order valence-electron chi connectivity index (χ0n) is 16.3. The number of rotatable bonds is 4. The molecule has 2 aromatic carbocycles. The van der Waals surface area contributed by atoms with Crippen molar-refractivity contribution in [2.24, 2.45) is 0 Å². The van der Waals surface area contributed by atoms with Crippen LogP contribution in [-0.2, 0) is 4.74 Å². The Labute approximate surface area is 174 Å². The van der Waals surface area contributed by atoms with Crippen LogP contribution in [0.4, 0.5) is 5.13 Å². The second-order valence-corrected chi connectivity index (χ2v) is 8.86. The van der Waals surface area contributed by atoms with E-state index in [1.807, 2.05) is 51.1 Å². The van der Waals surface area contributed by atoms with Crippen LogP contribution >= 0.6 is 22.9 Å². The number of thiazole rings is 1. The smallest absolute Gasteiger partial charge is 0.260 e. The number of carbonyl (C=O) groups excluding carboxylic acids is 1. The third-order valence-corrected chi connectivity index (χ3v) is 6.52. The maximum Gasteiger partial charge on any atom is 0.260 e. The van der Waals surface area contributed by atoms with E-state index < -0.39 is 0 Å². The molecule has 4 rings (SSSR count). The molecule has 1 saturated heterocycles. The van der Waals surface area contributed by atoms with Crippen molar-refractivity contribution in [2.45, 2.75) is 39.7 Å². The molecule has 1 unspecified atom stereocenters. The topological polar surface area (TPSA) is 42.4 Å². The third kappa shape index (κ3) is 3.79. The van der Waals surface area contributed by atoms with Crippen LogP contribution in [0, 0.1) is 20.8 Å². The van der Waals surface area contributed by atoms with E-state index in [9.17, 15) is 4.79 Å². The summed E-state index contributed by atoms with van der Waals surface area (Å²) in [4.78, 5) is 20.0. The number of aromatic nitrogens is 1. The fourth-order valence-corrected chi connectivity index (χ4v) is 4.96. The summed E-state index contributed by atoms with van der Waals surface area (Å²) in [6, 6.07) is 9.66. The molecule has 1 aromatic heterocycles. The maximum absolute atomic E-state index is 13.4. The van der Waals surface area contributed by atoms with Gasteiger partial charge >= 0.3 is 0 Å². The summed E-state index contributed by atoms with van der Waals surface area (Å²) in [6.07, 6.45) is 2.05. The van der Waals surface area contributed by atoms with Crippen LogP contribution in [-0.4, -0.2) is 30.1 Å². The molecule has 3 aromatic rings. The minimum atomic E-state index is -0.0404. The summed E-state index contributed by atoms with van der Waals surface area (Å²) in [5.41, 5.74) is 4.87. The highest BCUT2D eigenvalue weighted by Crippen LogP contribution is 2.34. The molecule has 0 saturated carbocycles. The van der Waals surface area contributed by atoms with E-state index >= 15 is 0 Å². The number of amides is 1. The summed E-state index contributed by atoms with van der Waals surface area (Å²) in [5.74, 6) is -0.0404. The Balaban J connectivity index is 1.75. The predicted octanol–water partition coefficient (Wildman–Crippen LogP) is 5.70. The summed E-state index contributed by atoms with van der Waals surface area (Å²) >= 11 is 7.72. The molecule has 1 aliphatic heterocycles. The number of anilines is 1. The Morgan fingerprint density at radius 2 is 2.04 bits per heavy atom. The van der Waals surface area contributed by atoms with Crippen LogP contribution in [0.1, 0.15) is 39.9 Å². The predicted molar refractivity (Wildman–Crippen MR) is 116 cm³/mol. The Hall–Kier alpha value is -1.95. The second-order valence-electron chi connectivity index (χ2n) is 7.42.